The Hall–Kier alpha value is -3.96. The monoisotopic (exact) mass is 495 g/mol. The van der Waals surface area contributed by atoms with Crippen molar-refractivity contribution in [2.45, 2.75) is 6.92 Å². The normalized spacial score (nSPS) is 11.7. The fraction of sp³-hybridized carbons (Fsp3) is 0.208. The molecule has 0 aliphatic heterocycles. The van der Waals surface area contributed by atoms with Gasteiger partial charge in [-0.2, -0.15) is 4.52 Å². The minimum Gasteiger partial charge on any atom is -0.497 e. The molecule has 35 heavy (non-hydrogen) atoms. The number of aryl methyl sites for hydroxylation is 1. The van der Waals surface area contributed by atoms with Crippen LogP contribution >= 0.6 is 0 Å². The van der Waals surface area contributed by atoms with Crippen molar-refractivity contribution < 1.29 is 22.6 Å². The molecule has 0 spiro atoms. The van der Waals surface area contributed by atoms with Gasteiger partial charge in [-0.25, -0.2) is 13.1 Å². The second kappa shape index (κ2) is 10.5. The average Bonchev–Trinajstić information content (AvgIpc) is 3.29. The van der Waals surface area contributed by atoms with Crippen molar-refractivity contribution >= 4 is 21.7 Å². The summed E-state index contributed by atoms with van der Waals surface area (Å²) >= 11 is 0. The quantitative estimate of drug-likeness (QED) is 0.334. The molecule has 0 saturated heterocycles. The molecule has 10 nitrogen and oxygen atoms in total. The zero-order valence-corrected chi connectivity index (χ0v) is 20.3. The number of nitrogens with one attached hydrogen (secondary N) is 1. The maximum atomic E-state index is 12.2. The molecule has 2 aromatic heterocycles. The van der Waals surface area contributed by atoms with Crippen molar-refractivity contribution in [1.29, 1.82) is 0 Å². The Labute approximate surface area is 203 Å². The van der Waals surface area contributed by atoms with E-state index in [0.717, 1.165) is 16.5 Å². The third-order valence-corrected chi connectivity index (χ3v) is 6.16. The molecule has 0 amide bonds. The molecule has 0 bridgehead atoms. The van der Waals surface area contributed by atoms with Crippen LogP contribution in [0.3, 0.4) is 0 Å². The smallest absolute Gasteiger partial charge is 0.233 e. The number of nitrogens with zero attached hydrogens (tertiary/aromatic N) is 4. The molecule has 0 radical (unpaired) electrons. The van der Waals surface area contributed by atoms with E-state index >= 15 is 0 Å². The van der Waals surface area contributed by atoms with Crippen molar-refractivity contribution in [2.24, 2.45) is 0 Å². The summed E-state index contributed by atoms with van der Waals surface area (Å²) in [6, 6.07) is 16.2. The molecule has 2 heterocycles. The summed E-state index contributed by atoms with van der Waals surface area (Å²) in [6.45, 7) is 2.12. The summed E-state index contributed by atoms with van der Waals surface area (Å²) < 4.78 is 44.9. The zero-order chi connectivity index (χ0) is 24.8. The van der Waals surface area contributed by atoms with E-state index in [4.69, 9.17) is 14.2 Å². The third-order valence-electron chi connectivity index (χ3n) is 5.06. The number of aromatic nitrogens is 4. The Balaban J connectivity index is 1.42. The van der Waals surface area contributed by atoms with Gasteiger partial charge in [0, 0.05) is 18.0 Å². The maximum Gasteiger partial charge on any atom is 0.233 e. The van der Waals surface area contributed by atoms with Crippen molar-refractivity contribution in [3.8, 4) is 28.8 Å². The van der Waals surface area contributed by atoms with Crippen LogP contribution in [0.25, 0.3) is 23.1 Å². The number of sulfonamides is 1. The molecule has 0 aliphatic carbocycles. The maximum absolute atomic E-state index is 12.2. The number of hydrogen-bond donors (Lipinski definition) is 1. The van der Waals surface area contributed by atoms with Gasteiger partial charge in [-0.05, 0) is 42.8 Å². The second-order valence-corrected chi connectivity index (χ2v) is 9.18. The molecule has 4 aromatic rings. The second-order valence-electron chi connectivity index (χ2n) is 7.53. The highest BCUT2D eigenvalue weighted by Gasteiger charge is 2.16. The summed E-state index contributed by atoms with van der Waals surface area (Å²) in [5.74, 6) is 1.95. The van der Waals surface area contributed by atoms with Gasteiger partial charge in [-0.1, -0.05) is 29.8 Å². The number of rotatable bonds is 10. The average molecular weight is 496 g/mol. The van der Waals surface area contributed by atoms with Crippen LogP contribution in [0.2, 0.25) is 0 Å². The number of methoxy groups -OCH3 is 2. The number of fused-ring (bicyclic) bond motifs is 1. The summed E-state index contributed by atoms with van der Waals surface area (Å²) in [5.41, 5.74) is 3.07. The fourth-order valence-corrected chi connectivity index (χ4v) is 4.04. The van der Waals surface area contributed by atoms with E-state index in [0.29, 0.717) is 28.5 Å². The Morgan fingerprint density at radius 2 is 1.80 bits per heavy atom. The third kappa shape index (κ3) is 5.94. The van der Waals surface area contributed by atoms with Gasteiger partial charge in [0.1, 0.15) is 18.1 Å². The molecular weight excluding hydrogens is 470 g/mol. The lowest BCUT2D eigenvalue weighted by Gasteiger charge is -2.10. The van der Waals surface area contributed by atoms with Crippen LogP contribution in [-0.2, 0) is 10.0 Å². The van der Waals surface area contributed by atoms with Crippen molar-refractivity contribution in [3.63, 3.8) is 0 Å². The molecule has 0 saturated carbocycles. The van der Waals surface area contributed by atoms with Gasteiger partial charge < -0.3 is 14.2 Å². The van der Waals surface area contributed by atoms with Gasteiger partial charge >= 0.3 is 0 Å². The van der Waals surface area contributed by atoms with Crippen molar-refractivity contribution in [2.75, 3.05) is 27.4 Å². The van der Waals surface area contributed by atoms with Gasteiger partial charge in [0.15, 0.2) is 11.5 Å². The first-order valence-electron chi connectivity index (χ1n) is 10.7. The fourth-order valence-electron chi connectivity index (χ4n) is 3.24. The molecular formula is C24H25N5O5S. The predicted molar refractivity (Wildman–Crippen MR) is 132 cm³/mol. The molecule has 11 heteroatoms. The van der Waals surface area contributed by atoms with Crippen LogP contribution in [0.15, 0.2) is 60.0 Å². The highest BCUT2D eigenvalue weighted by atomic mass is 32.2. The molecule has 4 rings (SSSR count). The number of hydrogen-bond acceptors (Lipinski definition) is 8. The Morgan fingerprint density at radius 3 is 2.54 bits per heavy atom. The van der Waals surface area contributed by atoms with E-state index in [1.54, 1.807) is 50.6 Å². The van der Waals surface area contributed by atoms with E-state index in [-0.39, 0.29) is 19.0 Å². The molecule has 0 atom stereocenters. The van der Waals surface area contributed by atoms with E-state index < -0.39 is 10.0 Å². The zero-order valence-electron chi connectivity index (χ0n) is 19.5. The molecule has 0 aliphatic rings. The molecule has 1 N–H and O–H groups in total. The van der Waals surface area contributed by atoms with Crippen LogP contribution in [0.1, 0.15) is 11.1 Å². The largest absolute Gasteiger partial charge is 0.497 e. The number of benzene rings is 2. The highest BCUT2D eigenvalue weighted by molar-refractivity contribution is 7.92. The molecule has 0 unspecified atom stereocenters. The van der Waals surface area contributed by atoms with Crippen LogP contribution < -0.4 is 18.9 Å². The topological polar surface area (TPSA) is 117 Å². The van der Waals surface area contributed by atoms with E-state index in [2.05, 4.69) is 20.0 Å². The summed E-state index contributed by atoms with van der Waals surface area (Å²) in [4.78, 5) is 0. The van der Waals surface area contributed by atoms with Crippen LogP contribution in [0.4, 0.5) is 0 Å². The van der Waals surface area contributed by atoms with Crippen LogP contribution in [0, 0.1) is 6.92 Å². The van der Waals surface area contributed by atoms with Crippen LogP contribution in [-0.4, -0.2) is 55.6 Å². The Bertz CT molecular complexity index is 1450. The van der Waals surface area contributed by atoms with Gasteiger partial charge in [-0.15, -0.1) is 15.3 Å². The van der Waals surface area contributed by atoms with Gasteiger partial charge in [-0.3, -0.25) is 0 Å². The summed E-state index contributed by atoms with van der Waals surface area (Å²) in [6.07, 6.45) is 1.54. The van der Waals surface area contributed by atoms with E-state index in [1.165, 1.54) is 4.52 Å². The SMILES string of the molecule is COc1ccc(OC)c(-c2nnc3ccc(OCCNS(=O)(=O)/C=C/c4ccc(C)cc4)nn23)c1. The summed E-state index contributed by atoms with van der Waals surface area (Å²) in [7, 11) is -0.472. The highest BCUT2D eigenvalue weighted by Crippen LogP contribution is 2.32. The minimum atomic E-state index is -3.61. The summed E-state index contributed by atoms with van der Waals surface area (Å²) in [5, 5.41) is 13.9. The Kier molecular flexibility index (Phi) is 7.28. The lowest BCUT2D eigenvalue weighted by atomic mass is 10.2. The predicted octanol–water partition coefficient (Wildman–Crippen LogP) is 3.09. The first kappa shape index (κ1) is 24.2. The molecule has 182 valence electrons. The standard InChI is InChI=1S/C24H25N5O5S/c1-17-4-6-18(7-5-17)12-15-35(30,31)25-13-14-34-23-11-10-22-26-27-24(29(22)28-23)20-16-19(32-2)8-9-21(20)33-3/h4-12,15-16,25H,13-14H2,1-3H3/b15-12+. The van der Waals surface area contributed by atoms with Gasteiger partial charge in [0.25, 0.3) is 0 Å². The Morgan fingerprint density at radius 1 is 1.00 bits per heavy atom. The minimum absolute atomic E-state index is 0.0685. The lowest BCUT2D eigenvalue weighted by Crippen LogP contribution is -2.26. The first-order valence-corrected chi connectivity index (χ1v) is 12.3. The molecule has 0 fully saturated rings. The first-order chi connectivity index (χ1) is 16.9. The molecule has 2 aromatic carbocycles. The van der Waals surface area contributed by atoms with E-state index in [1.807, 2.05) is 31.2 Å². The number of ether oxygens (including phenoxy) is 3. The van der Waals surface area contributed by atoms with Gasteiger partial charge in [0.2, 0.25) is 15.9 Å². The van der Waals surface area contributed by atoms with E-state index in [9.17, 15) is 8.42 Å². The van der Waals surface area contributed by atoms with Crippen LogP contribution in [0.5, 0.6) is 17.4 Å². The lowest BCUT2D eigenvalue weighted by molar-refractivity contribution is 0.306. The van der Waals surface area contributed by atoms with Crippen molar-refractivity contribution in [3.05, 3.63) is 71.1 Å². The van der Waals surface area contributed by atoms with Crippen molar-refractivity contribution in [1.82, 2.24) is 24.5 Å². The van der Waals surface area contributed by atoms with Gasteiger partial charge in [0.05, 0.1) is 19.8 Å².